The Hall–Kier alpha value is -0.920. The fourth-order valence-corrected chi connectivity index (χ4v) is 1.81. The summed E-state index contributed by atoms with van der Waals surface area (Å²) in [7, 11) is 0. The first-order chi connectivity index (χ1) is 6.63. The standard InChI is InChI=1S/C10H15N3S/c1-7(2)9(12)5-8-6-14-10(13-8)3-4-11/h6-7,9H,3,5,12H2,1-2H3. The molecule has 0 aliphatic heterocycles. The van der Waals surface area contributed by atoms with Crippen LogP contribution in [0.1, 0.15) is 24.5 Å². The summed E-state index contributed by atoms with van der Waals surface area (Å²) in [5.74, 6) is 0.469. The van der Waals surface area contributed by atoms with Gasteiger partial charge in [0.1, 0.15) is 5.01 Å². The Bertz CT molecular complexity index is 324. The molecule has 1 atom stereocenters. The van der Waals surface area contributed by atoms with E-state index in [1.54, 1.807) is 0 Å². The van der Waals surface area contributed by atoms with Crippen molar-refractivity contribution < 1.29 is 0 Å². The number of nitrogens with zero attached hydrogens (tertiary/aromatic N) is 2. The highest BCUT2D eigenvalue weighted by Gasteiger charge is 2.10. The number of hydrogen-bond acceptors (Lipinski definition) is 4. The lowest BCUT2D eigenvalue weighted by molar-refractivity contribution is 0.487. The molecule has 1 rings (SSSR count). The first-order valence-corrected chi connectivity index (χ1v) is 5.57. The van der Waals surface area contributed by atoms with Gasteiger partial charge in [-0.15, -0.1) is 11.3 Å². The molecule has 1 aromatic heterocycles. The second kappa shape index (κ2) is 5.08. The van der Waals surface area contributed by atoms with Crippen molar-refractivity contribution in [2.45, 2.75) is 32.7 Å². The zero-order valence-electron chi connectivity index (χ0n) is 8.53. The van der Waals surface area contributed by atoms with Crippen LogP contribution in [-0.2, 0) is 12.8 Å². The molecule has 0 spiro atoms. The summed E-state index contributed by atoms with van der Waals surface area (Å²) in [6.07, 6.45) is 1.21. The lowest BCUT2D eigenvalue weighted by atomic mass is 10.0. The molecule has 0 aliphatic rings. The molecule has 14 heavy (non-hydrogen) atoms. The van der Waals surface area contributed by atoms with E-state index >= 15 is 0 Å². The molecule has 0 amide bonds. The number of aromatic nitrogens is 1. The Morgan fingerprint density at radius 2 is 2.36 bits per heavy atom. The first kappa shape index (κ1) is 11.2. The minimum Gasteiger partial charge on any atom is -0.327 e. The molecule has 4 heteroatoms. The summed E-state index contributed by atoms with van der Waals surface area (Å²) >= 11 is 1.54. The van der Waals surface area contributed by atoms with E-state index in [-0.39, 0.29) is 6.04 Å². The minimum absolute atomic E-state index is 0.159. The van der Waals surface area contributed by atoms with E-state index in [0.29, 0.717) is 12.3 Å². The molecule has 0 aromatic carbocycles. The molecule has 76 valence electrons. The molecule has 0 saturated heterocycles. The molecule has 0 bridgehead atoms. The largest absolute Gasteiger partial charge is 0.327 e. The van der Waals surface area contributed by atoms with Crippen LogP contribution in [0.5, 0.6) is 0 Å². The molecule has 1 heterocycles. The van der Waals surface area contributed by atoms with Crippen molar-refractivity contribution in [3.05, 3.63) is 16.1 Å². The highest BCUT2D eigenvalue weighted by molar-refractivity contribution is 7.09. The summed E-state index contributed by atoms with van der Waals surface area (Å²) in [5.41, 5.74) is 6.95. The molecule has 0 aliphatic carbocycles. The first-order valence-electron chi connectivity index (χ1n) is 4.69. The fraction of sp³-hybridized carbons (Fsp3) is 0.600. The zero-order chi connectivity index (χ0) is 10.6. The Labute approximate surface area is 88.6 Å². The van der Waals surface area contributed by atoms with Gasteiger partial charge in [0.05, 0.1) is 18.2 Å². The highest BCUT2D eigenvalue weighted by atomic mass is 32.1. The molecular weight excluding hydrogens is 194 g/mol. The third kappa shape index (κ3) is 3.09. The molecule has 2 N–H and O–H groups in total. The van der Waals surface area contributed by atoms with Crippen molar-refractivity contribution in [2.24, 2.45) is 11.7 Å². The predicted octanol–water partition coefficient (Wildman–Crippen LogP) is 1.73. The van der Waals surface area contributed by atoms with Crippen molar-refractivity contribution in [3.8, 4) is 6.07 Å². The number of hydrogen-bond donors (Lipinski definition) is 1. The molecule has 1 aromatic rings. The van der Waals surface area contributed by atoms with Crippen LogP contribution < -0.4 is 5.73 Å². The van der Waals surface area contributed by atoms with Gasteiger partial charge in [-0.2, -0.15) is 5.26 Å². The van der Waals surface area contributed by atoms with Gasteiger partial charge in [0.2, 0.25) is 0 Å². The molecule has 0 fully saturated rings. The van der Waals surface area contributed by atoms with Gasteiger partial charge in [0.25, 0.3) is 0 Å². The summed E-state index contributed by atoms with van der Waals surface area (Å²) in [6.45, 7) is 4.21. The predicted molar refractivity (Wildman–Crippen MR) is 57.9 cm³/mol. The summed E-state index contributed by atoms with van der Waals surface area (Å²) in [6, 6.07) is 2.25. The Morgan fingerprint density at radius 3 is 2.93 bits per heavy atom. The van der Waals surface area contributed by atoms with Gasteiger partial charge >= 0.3 is 0 Å². The maximum absolute atomic E-state index is 8.49. The van der Waals surface area contributed by atoms with E-state index in [1.807, 2.05) is 5.38 Å². The van der Waals surface area contributed by atoms with Gasteiger partial charge in [-0.1, -0.05) is 13.8 Å². The van der Waals surface area contributed by atoms with Gasteiger partial charge < -0.3 is 5.73 Å². The lowest BCUT2D eigenvalue weighted by Crippen LogP contribution is -2.28. The van der Waals surface area contributed by atoms with Crippen LogP contribution in [0.25, 0.3) is 0 Å². The van der Waals surface area contributed by atoms with Crippen molar-refractivity contribution in [1.29, 1.82) is 5.26 Å². The quantitative estimate of drug-likeness (QED) is 0.821. The molecule has 1 unspecified atom stereocenters. The minimum atomic E-state index is 0.159. The molecule has 0 radical (unpaired) electrons. The van der Waals surface area contributed by atoms with E-state index in [1.165, 1.54) is 11.3 Å². The Balaban J connectivity index is 2.56. The van der Waals surface area contributed by atoms with E-state index < -0.39 is 0 Å². The van der Waals surface area contributed by atoms with Crippen molar-refractivity contribution in [1.82, 2.24) is 4.98 Å². The van der Waals surface area contributed by atoms with Crippen LogP contribution >= 0.6 is 11.3 Å². The number of nitriles is 1. The van der Waals surface area contributed by atoms with E-state index in [0.717, 1.165) is 17.1 Å². The van der Waals surface area contributed by atoms with E-state index in [2.05, 4.69) is 24.9 Å². The zero-order valence-corrected chi connectivity index (χ0v) is 9.34. The monoisotopic (exact) mass is 209 g/mol. The smallest absolute Gasteiger partial charge is 0.107 e. The van der Waals surface area contributed by atoms with Crippen LogP contribution in [0.4, 0.5) is 0 Å². The highest BCUT2D eigenvalue weighted by Crippen LogP contribution is 2.13. The second-order valence-corrected chi connectivity index (χ2v) is 4.62. The summed E-state index contributed by atoms with van der Waals surface area (Å²) in [5, 5.41) is 11.4. The molecular formula is C10H15N3S. The molecule has 0 saturated carbocycles. The van der Waals surface area contributed by atoms with Crippen molar-refractivity contribution in [2.75, 3.05) is 0 Å². The maximum atomic E-state index is 8.49. The Morgan fingerprint density at radius 1 is 1.64 bits per heavy atom. The number of rotatable bonds is 4. The summed E-state index contributed by atoms with van der Waals surface area (Å²) < 4.78 is 0. The third-order valence-corrected chi connectivity index (χ3v) is 3.03. The van der Waals surface area contributed by atoms with Gasteiger partial charge in [0, 0.05) is 17.8 Å². The number of nitrogens with two attached hydrogens (primary N) is 1. The average molecular weight is 209 g/mol. The normalized spacial score (nSPS) is 12.8. The van der Waals surface area contributed by atoms with Gasteiger partial charge in [0.15, 0.2) is 0 Å². The number of thiazole rings is 1. The SMILES string of the molecule is CC(C)C(N)Cc1csc(CC#N)n1. The fourth-order valence-electron chi connectivity index (χ4n) is 1.07. The van der Waals surface area contributed by atoms with Gasteiger partial charge in [-0.3, -0.25) is 0 Å². The van der Waals surface area contributed by atoms with Crippen LogP contribution in [0.2, 0.25) is 0 Å². The Kier molecular flexibility index (Phi) is 4.05. The lowest BCUT2D eigenvalue weighted by Gasteiger charge is -2.13. The van der Waals surface area contributed by atoms with E-state index in [4.69, 9.17) is 11.0 Å². The summed E-state index contributed by atoms with van der Waals surface area (Å²) in [4.78, 5) is 4.34. The van der Waals surface area contributed by atoms with Gasteiger partial charge in [-0.05, 0) is 5.92 Å². The van der Waals surface area contributed by atoms with Crippen LogP contribution in [0.15, 0.2) is 5.38 Å². The van der Waals surface area contributed by atoms with Crippen LogP contribution in [-0.4, -0.2) is 11.0 Å². The third-order valence-electron chi connectivity index (χ3n) is 2.13. The average Bonchev–Trinajstić information content (AvgIpc) is 2.53. The topological polar surface area (TPSA) is 62.7 Å². The van der Waals surface area contributed by atoms with Crippen molar-refractivity contribution in [3.63, 3.8) is 0 Å². The van der Waals surface area contributed by atoms with Crippen LogP contribution in [0.3, 0.4) is 0 Å². The van der Waals surface area contributed by atoms with E-state index in [9.17, 15) is 0 Å². The van der Waals surface area contributed by atoms with Crippen LogP contribution in [0, 0.1) is 17.2 Å². The maximum Gasteiger partial charge on any atom is 0.107 e. The second-order valence-electron chi connectivity index (χ2n) is 3.68. The van der Waals surface area contributed by atoms with Gasteiger partial charge in [-0.25, -0.2) is 4.98 Å². The molecule has 3 nitrogen and oxygen atoms in total. The van der Waals surface area contributed by atoms with Crippen molar-refractivity contribution >= 4 is 11.3 Å².